The monoisotopic (exact) mass is 450 g/mol. The Bertz CT molecular complexity index is 898. The third-order valence-electron chi connectivity index (χ3n) is 6.50. The first-order chi connectivity index (χ1) is 16.0. The van der Waals surface area contributed by atoms with Gasteiger partial charge in [0.25, 0.3) is 0 Å². The van der Waals surface area contributed by atoms with Crippen LogP contribution < -0.4 is 10.6 Å². The fourth-order valence-electron chi connectivity index (χ4n) is 4.62. The second-order valence-corrected chi connectivity index (χ2v) is 8.89. The molecule has 3 rings (SSSR count). The SMILES string of the molecule is CCN(CC)C(CNC(=O)C1CCCN(C(=O)Nc2cccc(C)c2)C1)Cc1ccccc1. The third kappa shape index (κ3) is 7.32. The van der Waals surface area contributed by atoms with Gasteiger partial charge in [0, 0.05) is 31.4 Å². The van der Waals surface area contributed by atoms with E-state index in [9.17, 15) is 9.59 Å². The molecule has 2 aromatic carbocycles. The van der Waals surface area contributed by atoms with Crippen molar-refractivity contribution in [1.29, 1.82) is 0 Å². The highest BCUT2D eigenvalue weighted by Gasteiger charge is 2.29. The average molecular weight is 451 g/mol. The maximum absolute atomic E-state index is 13.0. The van der Waals surface area contributed by atoms with Gasteiger partial charge in [-0.2, -0.15) is 0 Å². The van der Waals surface area contributed by atoms with Gasteiger partial charge in [-0.3, -0.25) is 9.69 Å². The van der Waals surface area contributed by atoms with Crippen molar-refractivity contribution in [2.24, 2.45) is 5.92 Å². The lowest BCUT2D eigenvalue weighted by atomic mass is 9.97. The molecule has 0 saturated carbocycles. The van der Waals surface area contributed by atoms with Crippen molar-refractivity contribution in [3.8, 4) is 0 Å². The fourth-order valence-corrected chi connectivity index (χ4v) is 4.62. The van der Waals surface area contributed by atoms with Gasteiger partial charge in [0.2, 0.25) is 5.91 Å². The summed E-state index contributed by atoms with van der Waals surface area (Å²) in [5, 5.41) is 6.17. The molecule has 1 aliphatic rings. The van der Waals surface area contributed by atoms with E-state index in [1.807, 2.05) is 37.3 Å². The summed E-state index contributed by atoms with van der Waals surface area (Å²) in [7, 11) is 0. The molecule has 0 bridgehead atoms. The van der Waals surface area contributed by atoms with E-state index in [2.05, 4.69) is 53.6 Å². The Kier molecular flexibility index (Phi) is 9.31. The van der Waals surface area contributed by atoms with Gasteiger partial charge in [0.1, 0.15) is 0 Å². The van der Waals surface area contributed by atoms with Crippen LogP contribution in [-0.2, 0) is 11.2 Å². The molecule has 6 heteroatoms. The van der Waals surface area contributed by atoms with Gasteiger partial charge in [-0.25, -0.2) is 4.79 Å². The lowest BCUT2D eigenvalue weighted by molar-refractivity contribution is -0.126. The highest BCUT2D eigenvalue weighted by atomic mass is 16.2. The molecule has 1 heterocycles. The van der Waals surface area contributed by atoms with E-state index in [-0.39, 0.29) is 23.9 Å². The van der Waals surface area contributed by atoms with Crippen LogP contribution in [0.25, 0.3) is 0 Å². The molecule has 1 saturated heterocycles. The van der Waals surface area contributed by atoms with Crippen LogP contribution in [0.2, 0.25) is 0 Å². The van der Waals surface area contributed by atoms with Crippen LogP contribution in [0.1, 0.15) is 37.8 Å². The highest BCUT2D eigenvalue weighted by Crippen LogP contribution is 2.19. The first kappa shape index (κ1) is 24.8. The number of rotatable bonds is 9. The number of nitrogens with zero attached hydrogens (tertiary/aromatic N) is 2. The second kappa shape index (κ2) is 12.4. The number of nitrogens with one attached hydrogen (secondary N) is 2. The second-order valence-electron chi connectivity index (χ2n) is 8.89. The van der Waals surface area contributed by atoms with Crippen molar-refractivity contribution in [3.63, 3.8) is 0 Å². The Morgan fingerprint density at radius 2 is 1.85 bits per heavy atom. The first-order valence-corrected chi connectivity index (χ1v) is 12.2. The number of hydrogen-bond acceptors (Lipinski definition) is 3. The summed E-state index contributed by atoms with van der Waals surface area (Å²) < 4.78 is 0. The van der Waals surface area contributed by atoms with Gasteiger partial charge >= 0.3 is 6.03 Å². The predicted octanol–water partition coefficient (Wildman–Crippen LogP) is 4.31. The molecule has 0 aliphatic carbocycles. The van der Waals surface area contributed by atoms with Crippen LogP contribution in [0.4, 0.5) is 10.5 Å². The molecular formula is C27H38N4O2. The lowest BCUT2D eigenvalue weighted by Gasteiger charge is -2.33. The number of likely N-dealkylation sites (N-methyl/N-ethyl adjacent to an activating group) is 1. The summed E-state index contributed by atoms with van der Waals surface area (Å²) in [5.41, 5.74) is 3.16. The van der Waals surface area contributed by atoms with Gasteiger partial charge in [0.15, 0.2) is 0 Å². The number of aryl methyl sites for hydroxylation is 1. The zero-order chi connectivity index (χ0) is 23.6. The van der Waals surface area contributed by atoms with Gasteiger partial charge in [-0.05, 0) is 62.5 Å². The van der Waals surface area contributed by atoms with Gasteiger partial charge in [-0.1, -0.05) is 56.3 Å². The summed E-state index contributed by atoms with van der Waals surface area (Å²) in [6.45, 7) is 9.96. The van der Waals surface area contributed by atoms with Crippen LogP contribution in [0, 0.1) is 12.8 Å². The van der Waals surface area contributed by atoms with Gasteiger partial charge in [0.05, 0.1) is 5.92 Å². The van der Waals surface area contributed by atoms with Gasteiger partial charge in [-0.15, -0.1) is 0 Å². The molecular weight excluding hydrogens is 412 g/mol. The van der Waals surface area contributed by atoms with Crippen molar-refractivity contribution >= 4 is 17.6 Å². The van der Waals surface area contributed by atoms with E-state index in [0.717, 1.165) is 43.6 Å². The van der Waals surface area contributed by atoms with E-state index in [0.29, 0.717) is 19.6 Å². The van der Waals surface area contributed by atoms with Crippen molar-refractivity contribution in [2.75, 3.05) is 38.0 Å². The molecule has 3 amide bonds. The highest BCUT2D eigenvalue weighted by molar-refractivity contribution is 5.90. The van der Waals surface area contributed by atoms with Crippen LogP contribution in [-0.4, -0.2) is 60.5 Å². The zero-order valence-electron chi connectivity index (χ0n) is 20.2. The Balaban J connectivity index is 1.55. The van der Waals surface area contributed by atoms with Crippen molar-refractivity contribution in [2.45, 2.75) is 46.1 Å². The van der Waals surface area contributed by atoms with Crippen LogP contribution >= 0.6 is 0 Å². The van der Waals surface area contributed by atoms with Crippen molar-refractivity contribution in [1.82, 2.24) is 15.1 Å². The quantitative estimate of drug-likeness (QED) is 0.598. The van der Waals surface area contributed by atoms with Gasteiger partial charge < -0.3 is 15.5 Å². The van der Waals surface area contributed by atoms with Crippen LogP contribution in [0.15, 0.2) is 54.6 Å². The number of hydrogen-bond donors (Lipinski definition) is 2. The number of urea groups is 1. The minimum atomic E-state index is -0.170. The Hall–Kier alpha value is -2.86. The number of likely N-dealkylation sites (tertiary alicyclic amines) is 1. The molecule has 33 heavy (non-hydrogen) atoms. The molecule has 2 aromatic rings. The van der Waals surface area contributed by atoms with Crippen LogP contribution in [0.3, 0.4) is 0 Å². The minimum absolute atomic E-state index is 0.0493. The number of benzene rings is 2. The number of anilines is 1. The van der Waals surface area contributed by atoms with E-state index < -0.39 is 0 Å². The zero-order valence-corrected chi connectivity index (χ0v) is 20.2. The molecule has 0 radical (unpaired) electrons. The Labute approximate surface area is 198 Å². The smallest absolute Gasteiger partial charge is 0.321 e. The Morgan fingerprint density at radius 3 is 2.55 bits per heavy atom. The molecule has 2 unspecified atom stereocenters. The topological polar surface area (TPSA) is 64.7 Å². The summed E-state index contributed by atoms with van der Waals surface area (Å²) in [4.78, 5) is 30.0. The first-order valence-electron chi connectivity index (χ1n) is 12.2. The molecule has 0 spiro atoms. The lowest BCUT2D eigenvalue weighted by Crippen LogP contribution is -2.50. The van der Waals surface area contributed by atoms with Crippen molar-refractivity contribution in [3.05, 3.63) is 65.7 Å². The fraction of sp³-hybridized carbons (Fsp3) is 0.481. The van der Waals surface area contributed by atoms with E-state index in [1.165, 1.54) is 5.56 Å². The minimum Gasteiger partial charge on any atom is -0.354 e. The molecule has 0 aromatic heterocycles. The molecule has 178 valence electrons. The molecule has 2 atom stereocenters. The third-order valence-corrected chi connectivity index (χ3v) is 6.50. The largest absolute Gasteiger partial charge is 0.354 e. The maximum Gasteiger partial charge on any atom is 0.321 e. The number of carbonyl (C=O) groups is 2. The van der Waals surface area contributed by atoms with E-state index in [4.69, 9.17) is 0 Å². The molecule has 2 N–H and O–H groups in total. The summed E-state index contributed by atoms with van der Waals surface area (Å²) in [6, 6.07) is 18.3. The Morgan fingerprint density at radius 1 is 1.09 bits per heavy atom. The summed E-state index contributed by atoms with van der Waals surface area (Å²) in [5.74, 6) is -0.121. The van der Waals surface area contributed by atoms with E-state index in [1.54, 1.807) is 4.90 Å². The summed E-state index contributed by atoms with van der Waals surface area (Å²) >= 11 is 0. The summed E-state index contributed by atoms with van der Waals surface area (Å²) in [6.07, 6.45) is 2.55. The van der Waals surface area contributed by atoms with Crippen LogP contribution in [0.5, 0.6) is 0 Å². The number of amides is 3. The average Bonchev–Trinajstić information content (AvgIpc) is 2.83. The predicted molar refractivity (Wildman–Crippen MR) is 134 cm³/mol. The molecule has 1 fully saturated rings. The maximum atomic E-state index is 13.0. The number of piperidine rings is 1. The molecule has 6 nitrogen and oxygen atoms in total. The molecule has 1 aliphatic heterocycles. The van der Waals surface area contributed by atoms with E-state index >= 15 is 0 Å². The normalized spacial score (nSPS) is 17.0. The standard InChI is InChI=1S/C27H38N4O2/c1-4-30(5-2)25(18-22-12-7-6-8-13-22)19-28-26(32)23-14-10-16-31(20-23)27(33)29-24-15-9-11-21(3)17-24/h6-9,11-13,15,17,23,25H,4-5,10,14,16,18-20H2,1-3H3,(H,28,32)(H,29,33). The number of carbonyl (C=O) groups excluding carboxylic acids is 2. The van der Waals surface area contributed by atoms with Crippen molar-refractivity contribution < 1.29 is 9.59 Å².